The third-order valence-corrected chi connectivity index (χ3v) is 3.79. The summed E-state index contributed by atoms with van der Waals surface area (Å²) in [5.74, 6) is -0.622. The molecule has 2 aromatic rings. The molecule has 5 nitrogen and oxygen atoms in total. The first-order chi connectivity index (χ1) is 11.9. The summed E-state index contributed by atoms with van der Waals surface area (Å²) in [6.45, 7) is 1.56. The number of halogens is 3. The normalized spacial score (nSPS) is 17.3. The van der Waals surface area contributed by atoms with Crippen molar-refractivity contribution in [2.45, 2.75) is 18.8 Å². The van der Waals surface area contributed by atoms with Gasteiger partial charge in [-0.25, -0.2) is 0 Å². The lowest BCUT2D eigenvalue weighted by Gasteiger charge is -2.12. The fraction of sp³-hybridized carbons (Fsp3) is 0.294. The number of carbonyl (C=O) groups is 1. The Morgan fingerprint density at radius 3 is 2.76 bits per heavy atom. The van der Waals surface area contributed by atoms with Gasteiger partial charge in [-0.05, 0) is 48.4 Å². The summed E-state index contributed by atoms with van der Waals surface area (Å²) >= 11 is 0. The van der Waals surface area contributed by atoms with Gasteiger partial charge in [0.1, 0.15) is 11.4 Å². The molecule has 0 aliphatic carbocycles. The number of ether oxygens (including phenoxy) is 1. The highest BCUT2D eigenvalue weighted by atomic mass is 19.4. The maximum atomic E-state index is 12.3. The van der Waals surface area contributed by atoms with Crippen molar-refractivity contribution in [3.8, 4) is 16.9 Å². The van der Waals surface area contributed by atoms with Crippen molar-refractivity contribution in [1.29, 1.82) is 0 Å². The third kappa shape index (κ3) is 4.69. The van der Waals surface area contributed by atoms with Crippen molar-refractivity contribution in [2.24, 2.45) is 0 Å². The minimum Gasteiger partial charge on any atom is -0.406 e. The average Bonchev–Trinajstić information content (AvgIpc) is 3.06. The molecule has 0 spiro atoms. The van der Waals surface area contributed by atoms with Gasteiger partial charge in [0.05, 0.1) is 0 Å². The Kier molecular flexibility index (Phi) is 4.89. The molecule has 1 saturated heterocycles. The summed E-state index contributed by atoms with van der Waals surface area (Å²) in [7, 11) is 0. The van der Waals surface area contributed by atoms with E-state index in [1.165, 1.54) is 24.4 Å². The van der Waals surface area contributed by atoms with Crippen LogP contribution in [0.4, 0.5) is 13.2 Å². The van der Waals surface area contributed by atoms with E-state index >= 15 is 0 Å². The van der Waals surface area contributed by atoms with Crippen molar-refractivity contribution < 1.29 is 22.7 Å². The highest BCUT2D eigenvalue weighted by Gasteiger charge is 2.31. The van der Waals surface area contributed by atoms with Crippen molar-refractivity contribution in [3.63, 3.8) is 0 Å². The van der Waals surface area contributed by atoms with Crippen LogP contribution >= 0.6 is 0 Å². The van der Waals surface area contributed by atoms with Crippen LogP contribution in [0.25, 0.3) is 11.1 Å². The Balaban J connectivity index is 1.79. The molecule has 0 radical (unpaired) electrons. The third-order valence-electron chi connectivity index (χ3n) is 3.79. The van der Waals surface area contributed by atoms with E-state index in [9.17, 15) is 18.0 Å². The van der Waals surface area contributed by atoms with Gasteiger partial charge in [-0.3, -0.25) is 9.78 Å². The fourth-order valence-corrected chi connectivity index (χ4v) is 2.64. The zero-order chi connectivity index (χ0) is 17.9. The van der Waals surface area contributed by atoms with Crippen molar-refractivity contribution >= 4 is 5.91 Å². The number of rotatable bonds is 4. The van der Waals surface area contributed by atoms with Crippen LogP contribution in [-0.4, -0.2) is 36.4 Å². The number of nitrogens with one attached hydrogen (secondary N) is 2. The number of amides is 1. The maximum Gasteiger partial charge on any atom is 0.573 e. The number of aromatic nitrogens is 1. The topological polar surface area (TPSA) is 63.2 Å². The summed E-state index contributed by atoms with van der Waals surface area (Å²) < 4.78 is 41.0. The molecule has 1 aromatic carbocycles. The van der Waals surface area contributed by atoms with Gasteiger partial charge in [0.15, 0.2) is 0 Å². The first-order valence-corrected chi connectivity index (χ1v) is 7.74. The Morgan fingerprint density at radius 1 is 1.24 bits per heavy atom. The van der Waals surface area contributed by atoms with Gasteiger partial charge in [-0.1, -0.05) is 12.1 Å². The molecule has 1 amide bonds. The number of pyridine rings is 1. The molecule has 1 unspecified atom stereocenters. The van der Waals surface area contributed by atoms with Crippen LogP contribution in [0, 0.1) is 0 Å². The molecule has 1 aliphatic rings. The highest BCUT2D eigenvalue weighted by molar-refractivity contribution is 5.93. The predicted molar refractivity (Wildman–Crippen MR) is 85.1 cm³/mol. The summed E-state index contributed by atoms with van der Waals surface area (Å²) in [6.07, 6.45) is -2.45. The van der Waals surface area contributed by atoms with E-state index in [1.54, 1.807) is 18.2 Å². The van der Waals surface area contributed by atoms with Crippen LogP contribution in [0.3, 0.4) is 0 Å². The molecule has 25 heavy (non-hydrogen) atoms. The van der Waals surface area contributed by atoms with Gasteiger partial charge in [0, 0.05) is 18.8 Å². The SMILES string of the molecule is O=C(NC1CCNC1)c1cc(-c2cccc(OC(F)(F)F)c2)ccn1. The second-order valence-electron chi connectivity index (χ2n) is 5.67. The number of carbonyl (C=O) groups excluding carboxylic acids is 1. The molecule has 2 N–H and O–H groups in total. The zero-order valence-corrected chi connectivity index (χ0v) is 13.1. The minimum atomic E-state index is -4.75. The van der Waals surface area contributed by atoms with Gasteiger partial charge >= 0.3 is 6.36 Å². The van der Waals surface area contributed by atoms with Gasteiger partial charge in [-0.2, -0.15) is 0 Å². The van der Waals surface area contributed by atoms with Crippen molar-refractivity contribution in [2.75, 3.05) is 13.1 Å². The first kappa shape index (κ1) is 17.2. The molecule has 132 valence electrons. The maximum absolute atomic E-state index is 12.3. The minimum absolute atomic E-state index is 0.0569. The van der Waals surface area contributed by atoms with Crippen LogP contribution in [0.2, 0.25) is 0 Å². The molecule has 8 heteroatoms. The quantitative estimate of drug-likeness (QED) is 0.889. The van der Waals surface area contributed by atoms with Gasteiger partial charge < -0.3 is 15.4 Å². The number of benzene rings is 1. The zero-order valence-electron chi connectivity index (χ0n) is 13.1. The van der Waals surface area contributed by atoms with Gasteiger partial charge in [0.25, 0.3) is 5.91 Å². The van der Waals surface area contributed by atoms with E-state index in [0.29, 0.717) is 17.7 Å². The Bertz CT molecular complexity index is 759. The fourth-order valence-electron chi connectivity index (χ4n) is 2.64. The van der Waals surface area contributed by atoms with E-state index in [1.807, 2.05) is 0 Å². The first-order valence-electron chi connectivity index (χ1n) is 7.74. The molecular weight excluding hydrogens is 335 g/mol. The molecule has 1 aromatic heterocycles. The predicted octanol–water partition coefficient (Wildman–Crippen LogP) is 2.74. The van der Waals surface area contributed by atoms with E-state index in [0.717, 1.165) is 13.0 Å². The van der Waals surface area contributed by atoms with Gasteiger partial charge in [-0.15, -0.1) is 13.2 Å². The molecule has 1 aliphatic heterocycles. The lowest BCUT2D eigenvalue weighted by Crippen LogP contribution is -2.36. The summed E-state index contributed by atoms with van der Waals surface area (Å²) in [6, 6.07) is 8.82. The van der Waals surface area contributed by atoms with E-state index < -0.39 is 6.36 Å². The monoisotopic (exact) mass is 351 g/mol. The van der Waals surface area contributed by atoms with E-state index in [4.69, 9.17) is 0 Å². The number of alkyl halides is 3. The van der Waals surface area contributed by atoms with Crippen LogP contribution in [0.5, 0.6) is 5.75 Å². The Hall–Kier alpha value is -2.61. The lowest BCUT2D eigenvalue weighted by atomic mass is 10.1. The van der Waals surface area contributed by atoms with E-state index in [2.05, 4.69) is 20.4 Å². The molecule has 2 heterocycles. The van der Waals surface area contributed by atoms with Gasteiger partial charge in [0.2, 0.25) is 0 Å². The van der Waals surface area contributed by atoms with Crippen LogP contribution in [-0.2, 0) is 0 Å². The number of nitrogens with zero attached hydrogens (tertiary/aromatic N) is 1. The van der Waals surface area contributed by atoms with Crippen molar-refractivity contribution in [3.05, 3.63) is 48.3 Å². The second-order valence-corrected chi connectivity index (χ2v) is 5.67. The van der Waals surface area contributed by atoms with Crippen LogP contribution in [0.1, 0.15) is 16.9 Å². The molecule has 0 saturated carbocycles. The molecule has 1 atom stereocenters. The smallest absolute Gasteiger partial charge is 0.406 e. The molecule has 1 fully saturated rings. The molecule has 3 rings (SSSR count). The van der Waals surface area contributed by atoms with Crippen LogP contribution < -0.4 is 15.4 Å². The molecule has 0 bridgehead atoms. The summed E-state index contributed by atoms with van der Waals surface area (Å²) in [5.41, 5.74) is 1.30. The second kappa shape index (κ2) is 7.10. The lowest BCUT2D eigenvalue weighted by molar-refractivity contribution is -0.274. The molecular formula is C17H16F3N3O2. The summed E-state index contributed by atoms with van der Waals surface area (Å²) in [4.78, 5) is 16.3. The standard InChI is InChI=1S/C17H16F3N3O2/c18-17(19,20)25-14-3-1-2-11(8-14)12-4-7-22-15(9-12)16(24)23-13-5-6-21-10-13/h1-4,7-9,13,21H,5-6,10H2,(H,23,24). The van der Waals surface area contributed by atoms with Crippen molar-refractivity contribution in [1.82, 2.24) is 15.6 Å². The largest absolute Gasteiger partial charge is 0.573 e. The summed E-state index contributed by atoms with van der Waals surface area (Å²) in [5, 5.41) is 6.03. The Labute approximate surface area is 142 Å². The van der Waals surface area contributed by atoms with E-state index in [-0.39, 0.29) is 23.4 Å². The van der Waals surface area contributed by atoms with Crippen LogP contribution in [0.15, 0.2) is 42.6 Å². The highest BCUT2D eigenvalue weighted by Crippen LogP contribution is 2.28. The Morgan fingerprint density at radius 2 is 2.04 bits per heavy atom. The number of hydrogen-bond acceptors (Lipinski definition) is 4. The number of hydrogen-bond donors (Lipinski definition) is 2. The average molecular weight is 351 g/mol.